The molecule has 0 bridgehead atoms. The Hall–Kier alpha value is -2.76. The Morgan fingerprint density at radius 3 is 1.22 bits per heavy atom. The number of hydrogen-bond acceptors (Lipinski definition) is 20. The highest BCUT2D eigenvalue weighted by molar-refractivity contribution is 5.93. The molecule has 0 radical (unpaired) electrons. The monoisotopic (exact) mass is 931 g/mol. The molecule has 24 nitrogen and oxygen atoms in total. The number of nitrogens with one attached hydrogen (secondary N) is 3. The Morgan fingerprint density at radius 1 is 0.484 bits per heavy atom. The molecule has 2 heterocycles. The normalized spacial score (nSPS) is 21.6. The van der Waals surface area contributed by atoms with E-state index in [1.807, 2.05) is 0 Å². The summed E-state index contributed by atoms with van der Waals surface area (Å²) in [4.78, 5) is 47.3. The standard InChI is InChI=1S/C40H73N3O21/c44-31-1-9-63-33(39(31)51)28-61-23-21-57-19-17-55-15-13-53-11-5-41-35(46)3-7-59-26-30(43-37(48)25-38(49)50)27-60-8-4-36(47)42-6-12-54-14-16-56-18-20-58-22-24-62-29-34-40(52)32(45)2-10-64-34/h30-34,39-40,44-45,51-52H,1-29H2,(H,41,46)(H,42,47)(H,43,48)(H,49,50). The van der Waals surface area contributed by atoms with Gasteiger partial charge in [-0.2, -0.15) is 0 Å². The summed E-state index contributed by atoms with van der Waals surface area (Å²) >= 11 is 0. The molecule has 24 heteroatoms. The molecule has 2 saturated heterocycles. The molecule has 0 aromatic heterocycles. The number of amides is 3. The van der Waals surface area contributed by atoms with Crippen molar-refractivity contribution in [3.8, 4) is 0 Å². The Bertz CT molecular complexity index is 1140. The van der Waals surface area contributed by atoms with Gasteiger partial charge in [-0.05, 0) is 12.8 Å². The molecule has 0 aromatic rings. The fourth-order valence-electron chi connectivity index (χ4n) is 5.76. The van der Waals surface area contributed by atoms with Gasteiger partial charge in [-0.3, -0.25) is 19.2 Å². The second kappa shape index (κ2) is 38.4. The minimum Gasteiger partial charge on any atom is -0.481 e. The van der Waals surface area contributed by atoms with E-state index < -0.39 is 61.0 Å². The lowest BCUT2D eigenvalue weighted by Gasteiger charge is -2.31. The highest BCUT2D eigenvalue weighted by atomic mass is 16.6. The molecule has 3 amide bonds. The minimum absolute atomic E-state index is 0.0295. The summed E-state index contributed by atoms with van der Waals surface area (Å²) in [6.45, 7) is 6.21. The number of rotatable bonds is 41. The molecule has 0 spiro atoms. The Morgan fingerprint density at radius 2 is 0.844 bits per heavy atom. The zero-order valence-corrected chi connectivity index (χ0v) is 36.8. The predicted octanol–water partition coefficient (Wildman–Crippen LogP) is -3.85. The first-order valence-corrected chi connectivity index (χ1v) is 21.8. The maximum Gasteiger partial charge on any atom is 0.312 e. The Labute approximate surface area is 374 Å². The molecule has 0 saturated carbocycles. The van der Waals surface area contributed by atoms with Gasteiger partial charge in [0.05, 0.1) is 150 Å². The zero-order chi connectivity index (χ0) is 46.5. The second-order valence-electron chi connectivity index (χ2n) is 14.5. The molecule has 0 aromatic carbocycles. The van der Waals surface area contributed by atoms with Gasteiger partial charge >= 0.3 is 5.97 Å². The number of hydrogen-bond donors (Lipinski definition) is 8. The number of carboxylic acids is 1. The number of carboxylic acid groups (broad SMARTS) is 1. The van der Waals surface area contributed by atoms with Crippen molar-refractivity contribution in [2.24, 2.45) is 0 Å². The third-order valence-corrected chi connectivity index (χ3v) is 9.24. The molecule has 2 fully saturated rings. The van der Waals surface area contributed by atoms with Crippen LogP contribution in [0.1, 0.15) is 32.1 Å². The molecule has 6 unspecified atom stereocenters. The van der Waals surface area contributed by atoms with Gasteiger partial charge in [0.15, 0.2) is 0 Å². The lowest BCUT2D eigenvalue weighted by molar-refractivity contribution is -0.156. The zero-order valence-electron chi connectivity index (χ0n) is 36.8. The van der Waals surface area contributed by atoms with E-state index in [9.17, 15) is 39.6 Å². The lowest BCUT2D eigenvalue weighted by atomic mass is 10.0. The number of carbonyl (C=O) groups is 4. The third-order valence-electron chi connectivity index (χ3n) is 9.24. The molecule has 2 aliphatic rings. The summed E-state index contributed by atoms with van der Waals surface area (Å²) in [7, 11) is 0. The maximum absolute atomic E-state index is 12.2. The topological polar surface area (TPSA) is 316 Å². The van der Waals surface area contributed by atoms with Gasteiger partial charge < -0.3 is 98.3 Å². The quantitative estimate of drug-likeness (QED) is 0.0215. The number of ether oxygens (including phenoxy) is 12. The molecular weight excluding hydrogens is 858 g/mol. The van der Waals surface area contributed by atoms with E-state index in [2.05, 4.69) is 16.0 Å². The predicted molar refractivity (Wildman–Crippen MR) is 220 cm³/mol. The van der Waals surface area contributed by atoms with Crippen LogP contribution in [0.3, 0.4) is 0 Å². The minimum atomic E-state index is -1.30. The fraction of sp³-hybridized carbons (Fsp3) is 0.900. The first-order chi connectivity index (χ1) is 31.1. The highest BCUT2D eigenvalue weighted by Gasteiger charge is 2.32. The summed E-state index contributed by atoms with van der Waals surface area (Å²) in [5, 5.41) is 55.9. The SMILES string of the molecule is O=C(O)CC(=O)NC(COCCC(=O)NCCOCCOCCOCCOCC1OCCC(O)C1O)COCCC(=O)NCCOCCOCCOCCOCC1OCCC(O)C1O. The van der Waals surface area contributed by atoms with Crippen LogP contribution in [0.25, 0.3) is 0 Å². The molecule has 64 heavy (non-hydrogen) atoms. The van der Waals surface area contributed by atoms with Crippen LogP contribution in [-0.4, -0.2) is 250 Å². The van der Waals surface area contributed by atoms with Crippen molar-refractivity contribution in [3.63, 3.8) is 0 Å². The van der Waals surface area contributed by atoms with Gasteiger partial charge in [-0.1, -0.05) is 0 Å². The summed E-state index contributed by atoms with van der Waals surface area (Å²) in [5.41, 5.74) is 0. The van der Waals surface area contributed by atoms with Crippen molar-refractivity contribution in [1.82, 2.24) is 16.0 Å². The van der Waals surface area contributed by atoms with Crippen molar-refractivity contribution in [1.29, 1.82) is 0 Å². The van der Waals surface area contributed by atoms with Crippen LogP contribution in [0.5, 0.6) is 0 Å². The molecule has 8 N–H and O–H groups in total. The number of carbonyl (C=O) groups excluding carboxylic acids is 3. The molecule has 2 rings (SSSR count). The van der Waals surface area contributed by atoms with Crippen LogP contribution in [0.15, 0.2) is 0 Å². The third kappa shape index (κ3) is 30.4. The molecule has 6 atom stereocenters. The van der Waals surface area contributed by atoms with E-state index in [4.69, 9.17) is 61.9 Å². The van der Waals surface area contributed by atoms with Gasteiger partial charge in [0.2, 0.25) is 17.7 Å². The molecular formula is C40H73N3O21. The van der Waals surface area contributed by atoms with Crippen molar-refractivity contribution in [2.45, 2.75) is 74.8 Å². The van der Waals surface area contributed by atoms with Crippen LogP contribution in [-0.2, 0) is 76.0 Å². The Kier molecular flexibility index (Phi) is 34.4. The Balaban J connectivity index is 1.38. The van der Waals surface area contributed by atoms with E-state index in [0.29, 0.717) is 105 Å². The van der Waals surface area contributed by atoms with Crippen LogP contribution in [0.2, 0.25) is 0 Å². The van der Waals surface area contributed by atoms with Crippen molar-refractivity contribution in [2.75, 3.05) is 158 Å². The van der Waals surface area contributed by atoms with Crippen molar-refractivity contribution >= 4 is 23.7 Å². The summed E-state index contributed by atoms with van der Waals surface area (Å²) in [5.74, 6) is -2.59. The lowest BCUT2D eigenvalue weighted by Crippen LogP contribution is -2.46. The first kappa shape index (κ1) is 57.4. The largest absolute Gasteiger partial charge is 0.481 e. The van der Waals surface area contributed by atoms with E-state index in [-0.39, 0.29) is 90.6 Å². The average molecular weight is 932 g/mol. The van der Waals surface area contributed by atoms with Crippen LogP contribution in [0.4, 0.5) is 0 Å². The number of aliphatic carboxylic acids is 1. The maximum atomic E-state index is 12.2. The summed E-state index contributed by atoms with van der Waals surface area (Å²) < 4.78 is 65.3. The first-order valence-electron chi connectivity index (χ1n) is 21.8. The fourth-order valence-corrected chi connectivity index (χ4v) is 5.76. The summed E-state index contributed by atoms with van der Waals surface area (Å²) in [6.07, 6.45) is -4.50. The van der Waals surface area contributed by atoms with E-state index in [1.165, 1.54) is 0 Å². The van der Waals surface area contributed by atoms with E-state index >= 15 is 0 Å². The van der Waals surface area contributed by atoms with Crippen LogP contribution >= 0.6 is 0 Å². The van der Waals surface area contributed by atoms with Crippen LogP contribution < -0.4 is 16.0 Å². The number of aliphatic hydroxyl groups is 4. The molecule has 374 valence electrons. The second-order valence-corrected chi connectivity index (χ2v) is 14.5. The molecule has 0 aliphatic carbocycles. The van der Waals surface area contributed by atoms with Crippen molar-refractivity contribution in [3.05, 3.63) is 0 Å². The van der Waals surface area contributed by atoms with Gasteiger partial charge in [-0.15, -0.1) is 0 Å². The van der Waals surface area contributed by atoms with Gasteiger partial charge in [-0.25, -0.2) is 0 Å². The van der Waals surface area contributed by atoms with Gasteiger partial charge in [0, 0.05) is 39.1 Å². The van der Waals surface area contributed by atoms with Gasteiger partial charge in [0.1, 0.15) is 30.8 Å². The molecule has 2 aliphatic heterocycles. The number of aliphatic hydroxyl groups excluding tert-OH is 4. The average Bonchev–Trinajstić information content (AvgIpc) is 3.26. The smallest absolute Gasteiger partial charge is 0.312 e. The van der Waals surface area contributed by atoms with E-state index in [1.54, 1.807) is 0 Å². The van der Waals surface area contributed by atoms with E-state index in [0.717, 1.165) is 0 Å². The summed E-state index contributed by atoms with van der Waals surface area (Å²) in [6, 6.07) is -0.719. The van der Waals surface area contributed by atoms with Crippen molar-refractivity contribution < 1.29 is 102 Å². The highest BCUT2D eigenvalue weighted by Crippen LogP contribution is 2.16. The van der Waals surface area contributed by atoms with Gasteiger partial charge in [0.25, 0.3) is 0 Å². The van der Waals surface area contributed by atoms with Crippen LogP contribution in [0, 0.1) is 0 Å².